The standard InChI is InChI=1S/C22H20N2O4S/c1-11-7-14-18(8-12(11)2)29-22(24-14)23-10-13-9-17(27-3)19-15(25)5-6-16(26)20(19)21(13)28-4/h5-9H,10H2,1-4H3,(H,23,24). The zero-order valence-electron chi connectivity index (χ0n) is 16.6. The highest BCUT2D eigenvalue weighted by Crippen LogP contribution is 2.38. The molecule has 0 amide bonds. The molecule has 1 aromatic heterocycles. The molecule has 7 heteroatoms. The van der Waals surface area contributed by atoms with Crippen LogP contribution in [0.4, 0.5) is 5.13 Å². The number of ketones is 2. The molecule has 0 fully saturated rings. The summed E-state index contributed by atoms with van der Waals surface area (Å²) in [5.41, 5.74) is 4.57. The predicted molar refractivity (Wildman–Crippen MR) is 114 cm³/mol. The molecule has 1 aliphatic carbocycles. The van der Waals surface area contributed by atoms with Gasteiger partial charge in [-0.15, -0.1) is 0 Å². The Morgan fingerprint density at radius 2 is 1.66 bits per heavy atom. The molecule has 1 heterocycles. The van der Waals surface area contributed by atoms with Crippen LogP contribution in [0, 0.1) is 13.8 Å². The maximum absolute atomic E-state index is 12.5. The fourth-order valence-electron chi connectivity index (χ4n) is 3.44. The van der Waals surface area contributed by atoms with Crippen LogP contribution in [0.5, 0.6) is 11.5 Å². The number of aryl methyl sites for hydroxylation is 2. The number of carbonyl (C=O) groups excluding carboxylic acids is 2. The van der Waals surface area contributed by atoms with Crippen molar-refractivity contribution in [1.29, 1.82) is 0 Å². The van der Waals surface area contributed by atoms with Crippen molar-refractivity contribution in [3.8, 4) is 11.5 Å². The molecule has 0 atom stereocenters. The minimum atomic E-state index is -0.275. The average molecular weight is 408 g/mol. The van der Waals surface area contributed by atoms with E-state index >= 15 is 0 Å². The number of methoxy groups -OCH3 is 2. The molecule has 2 aromatic carbocycles. The van der Waals surface area contributed by atoms with Gasteiger partial charge in [0.1, 0.15) is 11.5 Å². The van der Waals surface area contributed by atoms with E-state index in [0.717, 1.165) is 15.3 Å². The van der Waals surface area contributed by atoms with Crippen LogP contribution in [-0.4, -0.2) is 30.8 Å². The third kappa shape index (κ3) is 3.27. The summed E-state index contributed by atoms with van der Waals surface area (Å²) in [4.78, 5) is 29.5. The highest BCUT2D eigenvalue weighted by molar-refractivity contribution is 7.22. The van der Waals surface area contributed by atoms with Crippen molar-refractivity contribution in [2.24, 2.45) is 0 Å². The zero-order chi connectivity index (χ0) is 20.7. The van der Waals surface area contributed by atoms with Gasteiger partial charge in [-0.3, -0.25) is 9.59 Å². The third-order valence-corrected chi connectivity index (χ3v) is 6.03. The first-order valence-corrected chi connectivity index (χ1v) is 9.90. The van der Waals surface area contributed by atoms with Crippen molar-refractivity contribution < 1.29 is 19.1 Å². The molecule has 0 bridgehead atoms. The molecule has 1 N–H and O–H groups in total. The smallest absolute Gasteiger partial charge is 0.190 e. The number of fused-ring (bicyclic) bond motifs is 2. The number of hydrogen-bond donors (Lipinski definition) is 1. The molecular weight excluding hydrogens is 388 g/mol. The van der Waals surface area contributed by atoms with Gasteiger partial charge in [0.15, 0.2) is 16.7 Å². The second-order valence-corrected chi connectivity index (χ2v) is 7.89. The number of anilines is 1. The van der Waals surface area contributed by atoms with E-state index in [0.29, 0.717) is 23.6 Å². The summed E-state index contributed by atoms with van der Waals surface area (Å²) in [6.07, 6.45) is 2.53. The van der Waals surface area contributed by atoms with Gasteiger partial charge < -0.3 is 14.8 Å². The van der Waals surface area contributed by atoms with Crippen LogP contribution in [0.1, 0.15) is 37.4 Å². The summed E-state index contributed by atoms with van der Waals surface area (Å²) in [5, 5.41) is 4.08. The molecule has 0 radical (unpaired) electrons. The van der Waals surface area contributed by atoms with Gasteiger partial charge in [-0.1, -0.05) is 11.3 Å². The van der Waals surface area contributed by atoms with Gasteiger partial charge in [-0.2, -0.15) is 0 Å². The third-order valence-electron chi connectivity index (χ3n) is 5.06. The minimum Gasteiger partial charge on any atom is -0.496 e. The number of aromatic nitrogens is 1. The number of hydrogen-bond acceptors (Lipinski definition) is 7. The Balaban J connectivity index is 1.72. The van der Waals surface area contributed by atoms with Crippen molar-refractivity contribution in [3.05, 3.63) is 58.2 Å². The number of ether oxygens (including phenoxy) is 2. The Hall–Kier alpha value is -3.19. The van der Waals surface area contributed by atoms with E-state index in [2.05, 4.69) is 36.3 Å². The highest BCUT2D eigenvalue weighted by atomic mass is 32.1. The summed E-state index contributed by atoms with van der Waals surface area (Å²) >= 11 is 1.57. The van der Waals surface area contributed by atoms with Crippen molar-refractivity contribution in [1.82, 2.24) is 4.98 Å². The predicted octanol–water partition coefficient (Wildman–Crippen LogP) is 4.48. The van der Waals surface area contributed by atoms with Crippen molar-refractivity contribution in [2.75, 3.05) is 19.5 Å². The van der Waals surface area contributed by atoms with E-state index in [1.807, 2.05) is 0 Å². The van der Waals surface area contributed by atoms with Crippen LogP contribution in [0.2, 0.25) is 0 Å². The van der Waals surface area contributed by atoms with E-state index in [1.54, 1.807) is 17.4 Å². The zero-order valence-corrected chi connectivity index (χ0v) is 17.4. The molecule has 3 aromatic rings. The molecule has 6 nitrogen and oxygen atoms in total. The minimum absolute atomic E-state index is 0.242. The molecule has 29 heavy (non-hydrogen) atoms. The fraction of sp³-hybridized carbons (Fsp3) is 0.227. The van der Waals surface area contributed by atoms with Crippen LogP contribution < -0.4 is 14.8 Å². The molecular formula is C22H20N2O4S. The Morgan fingerprint density at radius 1 is 0.966 bits per heavy atom. The topological polar surface area (TPSA) is 77.5 Å². The first-order valence-electron chi connectivity index (χ1n) is 9.09. The summed E-state index contributed by atoms with van der Waals surface area (Å²) in [6, 6.07) is 5.94. The lowest BCUT2D eigenvalue weighted by Gasteiger charge is -2.20. The summed E-state index contributed by atoms with van der Waals surface area (Å²) in [7, 11) is 2.97. The van der Waals surface area contributed by atoms with Gasteiger partial charge in [-0.05, 0) is 55.3 Å². The first kappa shape index (κ1) is 19.1. The van der Waals surface area contributed by atoms with E-state index in [1.165, 1.54) is 37.5 Å². The Labute approximate surface area is 172 Å². The Morgan fingerprint density at radius 3 is 2.34 bits per heavy atom. The molecule has 148 valence electrons. The maximum Gasteiger partial charge on any atom is 0.190 e. The summed E-state index contributed by atoms with van der Waals surface area (Å²) < 4.78 is 12.0. The summed E-state index contributed by atoms with van der Waals surface area (Å²) in [5.74, 6) is 0.188. The fourth-order valence-corrected chi connectivity index (χ4v) is 4.38. The summed E-state index contributed by atoms with van der Waals surface area (Å²) in [6.45, 7) is 4.52. The molecule has 0 saturated carbocycles. The lowest BCUT2D eigenvalue weighted by atomic mass is 9.90. The van der Waals surface area contributed by atoms with E-state index in [-0.39, 0.29) is 22.7 Å². The molecule has 1 aliphatic rings. The van der Waals surface area contributed by atoms with Gasteiger partial charge in [0.05, 0.1) is 35.6 Å². The monoisotopic (exact) mass is 408 g/mol. The largest absolute Gasteiger partial charge is 0.496 e. The number of nitrogens with zero attached hydrogens (tertiary/aromatic N) is 1. The van der Waals surface area contributed by atoms with Gasteiger partial charge in [0, 0.05) is 12.1 Å². The number of nitrogens with one attached hydrogen (secondary N) is 1. The molecule has 0 unspecified atom stereocenters. The van der Waals surface area contributed by atoms with Crippen LogP contribution in [0.3, 0.4) is 0 Å². The van der Waals surface area contributed by atoms with Crippen LogP contribution in [0.25, 0.3) is 10.2 Å². The van der Waals surface area contributed by atoms with Crippen LogP contribution >= 0.6 is 11.3 Å². The van der Waals surface area contributed by atoms with Crippen molar-refractivity contribution in [2.45, 2.75) is 20.4 Å². The van der Waals surface area contributed by atoms with E-state index in [9.17, 15) is 9.59 Å². The van der Waals surface area contributed by atoms with Gasteiger partial charge >= 0.3 is 0 Å². The van der Waals surface area contributed by atoms with Gasteiger partial charge in [0.25, 0.3) is 0 Å². The molecule has 0 aliphatic heterocycles. The SMILES string of the molecule is COc1cc(CNc2nc3cc(C)c(C)cc3s2)c(OC)c2c1C(=O)C=CC2=O. The molecule has 0 spiro atoms. The lowest BCUT2D eigenvalue weighted by molar-refractivity contribution is 0.0988. The Kier molecular flexibility index (Phi) is 4.84. The van der Waals surface area contributed by atoms with Crippen molar-refractivity contribution >= 4 is 38.3 Å². The second-order valence-electron chi connectivity index (χ2n) is 6.86. The van der Waals surface area contributed by atoms with E-state index < -0.39 is 0 Å². The molecule has 4 rings (SSSR count). The van der Waals surface area contributed by atoms with Gasteiger partial charge in [-0.25, -0.2) is 4.98 Å². The van der Waals surface area contributed by atoms with Crippen molar-refractivity contribution in [3.63, 3.8) is 0 Å². The highest BCUT2D eigenvalue weighted by Gasteiger charge is 2.29. The first-order chi connectivity index (χ1) is 13.9. The Bertz CT molecular complexity index is 1150. The van der Waals surface area contributed by atoms with Crippen LogP contribution in [-0.2, 0) is 6.54 Å². The van der Waals surface area contributed by atoms with E-state index in [4.69, 9.17) is 9.47 Å². The maximum atomic E-state index is 12.5. The van der Waals surface area contributed by atoms with Gasteiger partial charge in [0.2, 0.25) is 0 Å². The number of benzene rings is 2. The average Bonchev–Trinajstić information content (AvgIpc) is 3.09. The number of allylic oxidation sites excluding steroid dienone is 2. The number of carbonyl (C=O) groups is 2. The van der Waals surface area contributed by atoms with Crippen LogP contribution in [0.15, 0.2) is 30.4 Å². The normalized spacial score (nSPS) is 13.0. The second kappa shape index (κ2) is 7.33. The molecule has 0 saturated heterocycles. The number of thiazole rings is 1. The quantitative estimate of drug-likeness (QED) is 0.671. The number of rotatable bonds is 5. The lowest BCUT2D eigenvalue weighted by Crippen LogP contribution is -2.17.